The van der Waals surface area contributed by atoms with Crippen LogP contribution in [0.25, 0.3) is 4.96 Å². The van der Waals surface area contributed by atoms with Gasteiger partial charge >= 0.3 is 0 Å². The van der Waals surface area contributed by atoms with Crippen LogP contribution in [0.2, 0.25) is 0 Å². The minimum atomic E-state index is -0.113. The predicted octanol–water partition coefficient (Wildman–Crippen LogP) is 0.0741. The van der Waals surface area contributed by atoms with Gasteiger partial charge in [0.1, 0.15) is 5.51 Å². The maximum absolute atomic E-state index is 11.8. The van der Waals surface area contributed by atoms with Crippen molar-refractivity contribution in [3.63, 3.8) is 0 Å². The van der Waals surface area contributed by atoms with Crippen molar-refractivity contribution in [3.8, 4) is 0 Å². The van der Waals surface area contributed by atoms with E-state index in [0.717, 1.165) is 31.6 Å². The molecule has 0 radical (unpaired) electrons. The van der Waals surface area contributed by atoms with Crippen LogP contribution >= 0.6 is 11.3 Å². The molecule has 3 rings (SSSR count). The largest absolute Gasteiger partial charge is 0.327 e. The van der Waals surface area contributed by atoms with Crippen molar-refractivity contribution in [1.82, 2.24) is 19.5 Å². The molecule has 1 aliphatic rings. The van der Waals surface area contributed by atoms with Crippen molar-refractivity contribution in [3.05, 3.63) is 27.6 Å². The summed E-state index contributed by atoms with van der Waals surface area (Å²) in [7, 11) is 0. The molecule has 0 amide bonds. The third-order valence-electron chi connectivity index (χ3n) is 3.17. The molecule has 6 nitrogen and oxygen atoms in total. The molecule has 1 atom stereocenters. The van der Waals surface area contributed by atoms with Crippen molar-refractivity contribution >= 4 is 16.3 Å². The van der Waals surface area contributed by atoms with E-state index in [1.165, 1.54) is 15.9 Å². The summed E-state index contributed by atoms with van der Waals surface area (Å²) in [5.74, 6) is 0. The van der Waals surface area contributed by atoms with Gasteiger partial charge < -0.3 is 5.73 Å². The first-order valence-corrected chi connectivity index (χ1v) is 6.91. The molecular formula is C11H15N5OS. The lowest BCUT2D eigenvalue weighted by Gasteiger charge is -2.30. The van der Waals surface area contributed by atoms with Gasteiger partial charge in [-0.15, -0.1) is 0 Å². The minimum absolute atomic E-state index is 0.113. The monoisotopic (exact) mass is 265 g/mol. The summed E-state index contributed by atoms with van der Waals surface area (Å²) in [4.78, 5) is 19.2. The maximum Gasteiger partial charge on any atom is 0.275 e. The number of fused-ring (bicyclic) bond motifs is 1. The van der Waals surface area contributed by atoms with E-state index in [-0.39, 0.29) is 11.6 Å². The Bertz CT molecular complexity index is 607. The zero-order valence-corrected chi connectivity index (χ0v) is 10.8. The average Bonchev–Trinajstić information content (AvgIpc) is 2.77. The topological polar surface area (TPSA) is 76.5 Å². The van der Waals surface area contributed by atoms with Crippen LogP contribution in [0.5, 0.6) is 0 Å². The Morgan fingerprint density at radius 2 is 2.44 bits per heavy atom. The summed E-state index contributed by atoms with van der Waals surface area (Å²) in [6.45, 7) is 2.60. The Hall–Kier alpha value is -1.31. The van der Waals surface area contributed by atoms with E-state index in [2.05, 4.69) is 15.0 Å². The highest BCUT2D eigenvalue weighted by atomic mass is 32.1. The molecule has 0 spiro atoms. The number of aromatic nitrogens is 3. The van der Waals surface area contributed by atoms with E-state index in [9.17, 15) is 4.79 Å². The van der Waals surface area contributed by atoms with Crippen LogP contribution in [0, 0.1) is 0 Å². The molecule has 1 fully saturated rings. The van der Waals surface area contributed by atoms with E-state index < -0.39 is 0 Å². The number of hydrogen-bond donors (Lipinski definition) is 1. The molecule has 2 N–H and O–H groups in total. The average molecular weight is 265 g/mol. The van der Waals surface area contributed by atoms with Gasteiger partial charge in [-0.05, 0) is 19.4 Å². The summed E-state index contributed by atoms with van der Waals surface area (Å²) in [5.41, 5.74) is 8.27. The van der Waals surface area contributed by atoms with Crippen molar-refractivity contribution in [1.29, 1.82) is 0 Å². The summed E-state index contributed by atoms with van der Waals surface area (Å²) >= 11 is 1.38. The molecule has 0 bridgehead atoms. The number of piperidine rings is 1. The van der Waals surface area contributed by atoms with Crippen LogP contribution in [-0.4, -0.2) is 38.6 Å². The highest BCUT2D eigenvalue weighted by Gasteiger charge is 2.17. The second-order valence-electron chi connectivity index (χ2n) is 4.66. The van der Waals surface area contributed by atoms with E-state index in [0.29, 0.717) is 11.5 Å². The van der Waals surface area contributed by atoms with E-state index in [1.807, 2.05) is 0 Å². The molecule has 1 unspecified atom stereocenters. The first kappa shape index (κ1) is 11.8. The molecule has 0 aliphatic carbocycles. The van der Waals surface area contributed by atoms with Crippen molar-refractivity contribution in [2.45, 2.75) is 25.4 Å². The predicted molar refractivity (Wildman–Crippen MR) is 69.6 cm³/mol. The van der Waals surface area contributed by atoms with Gasteiger partial charge in [0.25, 0.3) is 5.56 Å². The number of nitrogens with zero attached hydrogens (tertiary/aromatic N) is 4. The maximum atomic E-state index is 11.8. The molecule has 1 saturated heterocycles. The zero-order valence-electron chi connectivity index (χ0n) is 9.95. The van der Waals surface area contributed by atoms with Gasteiger partial charge in [-0.3, -0.25) is 9.69 Å². The SMILES string of the molecule is NC1CCCN(Cc2cc(=O)n3ncsc3n2)C1. The molecule has 1 aliphatic heterocycles. The second-order valence-corrected chi connectivity index (χ2v) is 5.47. The third kappa shape index (κ3) is 2.29. The smallest absolute Gasteiger partial charge is 0.275 e. The lowest BCUT2D eigenvalue weighted by atomic mass is 10.1. The Balaban J connectivity index is 1.83. The Morgan fingerprint density at radius 3 is 3.28 bits per heavy atom. The highest BCUT2D eigenvalue weighted by Crippen LogP contribution is 2.12. The lowest BCUT2D eigenvalue weighted by molar-refractivity contribution is 0.199. The van der Waals surface area contributed by atoms with E-state index in [1.54, 1.807) is 11.6 Å². The summed E-state index contributed by atoms with van der Waals surface area (Å²) in [5, 5.41) is 3.94. The normalized spacial score (nSPS) is 21.5. The van der Waals surface area contributed by atoms with Gasteiger partial charge in [0.05, 0.1) is 5.69 Å². The van der Waals surface area contributed by atoms with Crippen LogP contribution in [-0.2, 0) is 6.54 Å². The fourth-order valence-electron chi connectivity index (χ4n) is 2.35. The van der Waals surface area contributed by atoms with Crippen LogP contribution in [0.3, 0.4) is 0 Å². The molecule has 0 saturated carbocycles. The Kier molecular flexibility index (Phi) is 3.11. The van der Waals surface area contributed by atoms with Gasteiger partial charge in [-0.25, -0.2) is 4.98 Å². The van der Waals surface area contributed by atoms with Gasteiger partial charge in [0.2, 0.25) is 4.96 Å². The van der Waals surface area contributed by atoms with E-state index in [4.69, 9.17) is 5.73 Å². The van der Waals surface area contributed by atoms with Gasteiger partial charge in [-0.2, -0.15) is 9.61 Å². The quantitative estimate of drug-likeness (QED) is 0.832. The Labute approximate surface area is 108 Å². The molecule has 2 aromatic rings. The molecule has 3 heterocycles. The Morgan fingerprint density at radius 1 is 1.56 bits per heavy atom. The van der Waals surface area contributed by atoms with Crippen molar-refractivity contribution in [2.75, 3.05) is 13.1 Å². The van der Waals surface area contributed by atoms with Crippen molar-refractivity contribution in [2.24, 2.45) is 5.73 Å². The van der Waals surface area contributed by atoms with Crippen LogP contribution in [0.4, 0.5) is 0 Å². The molecule has 18 heavy (non-hydrogen) atoms. The second kappa shape index (κ2) is 4.75. The fraction of sp³-hybridized carbons (Fsp3) is 0.545. The molecular weight excluding hydrogens is 250 g/mol. The summed E-state index contributed by atoms with van der Waals surface area (Å²) < 4.78 is 1.33. The lowest BCUT2D eigenvalue weighted by Crippen LogP contribution is -2.42. The van der Waals surface area contributed by atoms with Crippen LogP contribution in [0.15, 0.2) is 16.4 Å². The van der Waals surface area contributed by atoms with Crippen LogP contribution in [0.1, 0.15) is 18.5 Å². The minimum Gasteiger partial charge on any atom is -0.327 e. The molecule has 96 valence electrons. The van der Waals surface area contributed by atoms with Crippen LogP contribution < -0.4 is 11.3 Å². The van der Waals surface area contributed by atoms with Crippen molar-refractivity contribution < 1.29 is 0 Å². The molecule has 7 heteroatoms. The first-order chi connectivity index (χ1) is 8.72. The molecule has 0 aromatic carbocycles. The molecule has 2 aromatic heterocycles. The third-order valence-corrected chi connectivity index (χ3v) is 3.84. The van der Waals surface area contributed by atoms with Gasteiger partial charge in [0, 0.05) is 25.2 Å². The summed E-state index contributed by atoms with van der Waals surface area (Å²) in [6, 6.07) is 1.80. The highest BCUT2D eigenvalue weighted by molar-refractivity contribution is 7.14. The summed E-state index contributed by atoms with van der Waals surface area (Å²) in [6.07, 6.45) is 2.20. The number of hydrogen-bond acceptors (Lipinski definition) is 6. The van der Waals surface area contributed by atoms with Gasteiger partial charge in [-0.1, -0.05) is 11.3 Å². The zero-order chi connectivity index (χ0) is 12.5. The first-order valence-electron chi connectivity index (χ1n) is 6.03. The number of nitrogens with two attached hydrogens (primary N) is 1. The number of likely N-dealkylation sites (tertiary alicyclic amines) is 1. The van der Waals surface area contributed by atoms with E-state index >= 15 is 0 Å². The fourth-order valence-corrected chi connectivity index (χ4v) is 2.99. The standard InChI is InChI=1S/C11H15N5OS/c12-8-2-1-3-15(5-8)6-9-4-10(17)16-11(14-9)18-7-13-16/h4,7-8H,1-3,5-6,12H2. The van der Waals surface area contributed by atoms with Gasteiger partial charge in [0.15, 0.2) is 0 Å². The number of rotatable bonds is 2.